The van der Waals surface area contributed by atoms with Gasteiger partial charge in [-0.25, -0.2) is 0 Å². The number of carboxylic acids is 1. The summed E-state index contributed by atoms with van der Waals surface area (Å²) in [6, 6.07) is 3.64. The van der Waals surface area contributed by atoms with Gasteiger partial charge < -0.3 is 25.4 Å². The number of ether oxygens (including phenoxy) is 2. The Morgan fingerprint density at radius 1 is 1.37 bits per heavy atom. The lowest BCUT2D eigenvalue weighted by Gasteiger charge is -2.27. The number of carboxylic acid groups (broad SMARTS) is 1. The smallest absolute Gasteiger partial charge is 0.305 e. The maximum Gasteiger partial charge on any atom is 0.305 e. The van der Waals surface area contributed by atoms with Crippen molar-refractivity contribution in [3.8, 4) is 11.5 Å². The third-order valence-electron chi connectivity index (χ3n) is 3.18. The first-order valence-electron chi connectivity index (χ1n) is 5.85. The molecule has 0 amide bonds. The van der Waals surface area contributed by atoms with Crippen molar-refractivity contribution < 1.29 is 24.9 Å². The minimum Gasteiger partial charge on any atom is -0.493 e. The van der Waals surface area contributed by atoms with Crippen molar-refractivity contribution in [1.29, 1.82) is 0 Å². The van der Waals surface area contributed by atoms with Crippen molar-refractivity contribution in [1.82, 2.24) is 5.32 Å². The van der Waals surface area contributed by atoms with E-state index in [-0.39, 0.29) is 17.9 Å². The van der Waals surface area contributed by atoms with Gasteiger partial charge >= 0.3 is 5.97 Å². The van der Waals surface area contributed by atoms with Crippen LogP contribution in [0.3, 0.4) is 0 Å². The molecule has 0 aliphatic carbocycles. The lowest BCUT2D eigenvalue weighted by molar-refractivity contribution is -0.137. The fourth-order valence-corrected chi connectivity index (χ4v) is 2.33. The first-order valence-corrected chi connectivity index (χ1v) is 5.85. The first-order chi connectivity index (χ1) is 8.65. The highest BCUT2D eigenvalue weighted by atomic mass is 16.5. The Balaban J connectivity index is 0.00000180. The Morgan fingerprint density at radius 3 is 2.58 bits per heavy atom. The molecule has 0 fully saturated rings. The van der Waals surface area contributed by atoms with Gasteiger partial charge in [0.2, 0.25) is 0 Å². The summed E-state index contributed by atoms with van der Waals surface area (Å²) in [5, 5.41) is 12.1. The van der Waals surface area contributed by atoms with Gasteiger partial charge in [-0.1, -0.05) is 0 Å². The highest BCUT2D eigenvalue weighted by Gasteiger charge is 2.24. The van der Waals surface area contributed by atoms with Gasteiger partial charge in [-0.05, 0) is 36.2 Å². The van der Waals surface area contributed by atoms with Gasteiger partial charge in [-0.15, -0.1) is 0 Å². The molecule has 19 heavy (non-hydrogen) atoms. The van der Waals surface area contributed by atoms with E-state index in [2.05, 4.69) is 5.32 Å². The summed E-state index contributed by atoms with van der Waals surface area (Å²) in [6.07, 6.45) is 0.939. The Hall–Kier alpha value is -1.79. The number of carbonyl (C=O) groups is 1. The summed E-state index contributed by atoms with van der Waals surface area (Å²) < 4.78 is 10.5. The molecule has 1 unspecified atom stereocenters. The van der Waals surface area contributed by atoms with E-state index in [1.54, 1.807) is 14.2 Å². The van der Waals surface area contributed by atoms with E-state index in [0.29, 0.717) is 11.5 Å². The van der Waals surface area contributed by atoms with Crippen molar-refractivity contribution in [3.63, 3.8) is 0 Å². The van der Waals surface area contributed by atoms with Crippen LogP contribution in [0.15, 0.2) is 12.1 Å². The molecular formula is C13H19NO5. The molecule has 6 nitrogen and oxygen atoms in total. The molecule has 0 radical (unpaired) electrons. The maximum absolute atomic E-state index is 10.9. The van der Waals surface area contributed by atoms with E-state index in [1.165, 1.54) is 0 Å². The highest BCUT2D eigenvalue weighted by molar-refractivity contribution is 5.68. The molecule has 0 saturated heterocycles. The van der Waals surface area contributed by atoms with Crippen LogP contribution in [0, 0.1) is 0 Å². The standard InChI is InChI=1S/C13H17NO4.H2O/c1-17-11-5-8-3-4-14-10(7-13(15)16)9(8)6-12(11)18-2;/h5-6,10,14H,3-4,7H2,1-2H3,(H,15,16);1H2. The Bertz CT molecular complexity index is 461. The number of aliphatic carboxylic acids is 1. The Morgan fingerprint density at radius 2 is 2.00 bits per heavy atom. The quantitative estimate of drug-likeness (QED) is 0.831. The number of hydrogen-bond acceptors (Lipinski definition) is 4. The van der Waals surface area contributed by atoms with Crippen LogP contribution in [0.4, 0.5) is 0 Å². The van der Waals surface area contributed by atoms with Crippen molar-refractivity contribution in [2.45, 2.75) is 18.9 Å². The number of methoxy groups -OCH3 is 2. The van der Waals surface area contributed by atoms with Crippen molar-refractivity contribution >= 4 is 5.97 Å². The van der Waals surface area contributed by atoms with E-state index in [9.17, 15) is 4.79 Å². The highest BCUT2D eigenvalue weighted by Crippen LogP contribution is 2.35. The molecule has 2 rings (SSSR count). The molecule has 0 aromatic heterocycles. The zero-order valence-electron chi connectivity index (χ0n) is 11.0. The summed E-state index contributed by atoms with van der Waals surface area (Å²) in [7, 11) is 3.17. The molecule has 1 aromatic rings. The summed E-state index contributed by atoms with van der Waals surface area (Å²) in [5.74, 6) is 0.512. The van der Waals surface area contributed by atoms with Gasteiger partial charge in [-0.3, -0.25) is 4.79 Å². The van der Waals surface area contributed by atoms with Crippen LogP contribution in [-0.2, 0) is 11.2 Å². The third-order valence-corrected chi connectivity index (χ3v) is 3.18. The van der Waals surface area contributed by atoms with Gasteiger partial charge in [0.05, 0.1) is 20.6 Å². The summed E-state index contributed by atoms with van der Waals surface area (Å²) >= 11 is 0. The van der Waals surface area contributed by atoms with Crippen LogP contribution in [-0.4, -0.2) is 37.3 Å². The summed E-state index contributed by atoms with van der Waals surface area (Å²) in [6.45, 7) is 0.778. The number of benzene rings is 1. The number of fused-ring (bicyclic) bond motifs is 1. The van der Waals surface area contributed by atoms with E-state index >= 15 is 0 Å². The number of rotatable bonds is 4. The molecular weight excluding hydrogens is 250 g/mol. The van der Waals surface area contributed by atoms with Crippen molar-refractivity contribution in [2.24, 2.45) is 0 Å². The van der Waals surface area contributed by atoms with Crippen molar-refractivity contribution in [2.75, 3.05) is 20.8 Å². The molecule has 1 aliphatic rings. The fourth-order valence-electron chi connectivity index (χ4n) is 2.33. The van der Waals surface area contributed by atoms with Gasteiger partial charge in [0.25, 0.3) is 0 Å². The van der Waals surface area contributed by atoms with Crippen molar-refractivity contribution in [3.05, 3.63) is 23.3 Å². The number of nitrogens with one attached hydrogen (secondary N) is 1. The summed E-state index contributed by atoms with van der Waals surface area (Å²) in [4.78, 5) is 10.9. The molecule has 1 aromatic carbocycles. The van der Waals surface area contributed by atoms with Gasteiger partial charge in [0, 0.05) is 6.04 Å². The zero-order chi connectivity index (χ0) is 13.1. The van der Waals surface area contributed by atoms with E-state index in [0.717, 1.165) is 24.1 Å². The van der Waals surface area contributed by atoms with Crippen LogP contribution >= 0.6 is 0 Å². The first kappa shape index (κ1) is 15.3. The van der Waals surface area contributed by atoms with E-state index < -0.39 is 5.97 Å². The minimum absolute atomic E-state index is 0. The SMILES string of the molecule is COc1cc2c(cc1OC)C(CC(=O)O)NCC2.O. The van der Waals surface area contributed by atoms with Crippen LogP contribution in [0.2, 0.25) is 0 Å². The predicted molar refractivity (Wildman–Crippen MR) is 69.9 cm³/mol. The number of hydrogen-bond donors (Lipinski definition) is 2. The molecule has 4 N–H and O–H groups in total. The Kier molecular flexibility index (Phi) is 5.14. The van der Waals surface area contributed by atoms with Gasteiger partial charge in [0.15, 0.2) is 11.5 Å². The second kappa shape index (κ2) is 6.40. The predicted octanol–water partition coefficient (Wildman–Crippen LogP) is 0.541. The minimum atomic E-state index is -0.810. The monoisotopic (exact) mass is 269 g/mol. The van der Waals surface area contributed by atoms with Crippen LogP contribution in [0.5, 0.6) is 11.5 Å². The summed E-state index contributed by atoms with van der Waals surface area (Å²) in [5.41, 5.74) is 2.11. The fraction of sp³-hybridized carbons (Fsp3) is 0.462. The molecule has 1 atom stereocenters. The lowest BCUT2D eigenvalue weighted by Crippen LogP contribution is -2.31. The average Bonchev–Trinajstić information content (AvgIpc) is 2.37. The molecule has 0 spiro atoms. The van der Waals surface area contributed by atoms with Crippen LogP contribution in [0.1, 0.15) is 23.6 Å². The average molecular weight is 269 g/mol. The van der Waals surface area contributed by atoms with Crippen LogP contribution in [0.25, 0.3) is 0 Å². The second-order valence-electron chi connectivity index (χ2n) is 4.26. The molecule has 1 heterocycles. The lowest BCUT2D eigenvalue weighted by atomic mass is 9.92. The normalized spacial score (nSPS) is 17.1. The topological polar surface area (TPSA) is 99.3 Å². The maximum atomic E-state index is 10.9. The van der Waals surface area contributed by atoms with Gasteiger partial charge in [-0.2, -0.15) is 0 Å². The van der Waals surface area contributed by atoms with Crippen LogP contribution < -0.4 is 14.8 Å². The Labute approximate surface area is 111 Å². The van der Waals surface area contributed by atoms with Gasteiger partial charge in [0.1, 0.15) is 0 Å². The zero-order valence-corrected chi connectivity index (χ0v) is 11.0. The third kappa shape index (κ3) is 3.15. The second-order valence-corrected chi connectivity index (χ2v) is 4.26. The molecule has 0 bridgehead atoms. The van der Waals surface area contributed by atoms with E-state index in [1.807, 2.05) is 12.1 Å². The largest absolute Gasteiger partial charge is 0.493 e. The van der Waals surface area contributed by atoms with E-state index in [4.69, 9.17) is 14.6 Å². The molecule has 0 saturated carbocycles. The molecule has 1 aliphatic heterocycles. The molecule has 106 valence electrons. The molecule has 6 heteroatoms.